The summed E-state index contributed by atoms with van der Waals surface area (Å²) in [6, 6.07) is 6.78. The summed E-state index contributed by atoms with van der Waals surface area (Å²) in [4.78, 5) is 14.2. The molecule has 116 valence electrons. The van der Waals surface area contributed by atoms with E-state index in [1.807, 2.05) is 11.0 Å². The second-order valence-corrected chi connectivity index (χ2v) is 5.97. The van der Waals surface area contributed by atoms with Crippen LogP contribution in [0.15, 0.2) is 30.0 Å². The number of nitrogens with one attached hydrogen (secondary N) is 1. The molecule has 0 aliphatic carbocycles. The van der Waals surface area contributed by atoms with Crippen molar-refractivity contribution in [3.8, 4) is 6.07 Å². The van der Waals surface area contributed by atoms with Crippen molar-refractivity contribution in [3.05, 3.63) is 35.0 Å². The number of rotatable bonds is 3. The fourth-order valence-corrected chi connectivity index (χ4v) is 2.46. The maximum Gasteiger partial charge on any atom is 0.267 e. The Hall–Kier alpha value is -2.19. The summed E-state index contributed by atoms with van der Waals surface area (Å²) in [5, 5.41) is 12.2. The maximum absolute atomic E-state index is 12.2. The summed E-state index contributed by atoms with van der Waals surface area (Å²) in [5.41, 5.74) is 6.67. The molecule has 1 saturated heterocycles. The molecule has 1 aromatic rings. The molecule has 3 N–H and O–H groups in total. The highest BCUT2D eigenvalue weighted by atomic mass is 35.5. The van der Waals surface area contributed by atoms with Crippen molar-refractivity contribution in [3.63, 3.8) is 0 Å². The number of nitrogens with two attached hydrogens (primary N) is 1. The zero-order chi connectivity index (χ0) is 16.1. The molecule has 1 aliphatic heterocycles. The Balaban J connectivity index is 2.05. The van der Waals surface area contributed by atoms with Crippen molar-refractivity contribution < 1.29 is 4.79 Å². The second-order valence-electron chi connectivity index (χ2n) is 5.56. The fraction of sp³-hybridized carbons (Fsp3) is 0.375. The number of likely N-dealkylation sites (tertiary alicyclic amines) is 1. The minimum atomic E-state index is -0.443. The molecule has 1 heterocycles. The van der Waals surface area contributed by atoms with Gasteiger partial charge in [0.25, 0.3) is 5.91 Å². The molecule has 6 heteroatoms. The first kappa shape index (κ1) is 16.2. The normalized spacial score (nSPS) is 16.2. The average Bonchev–Trinajstić information content (AvgIpc) is 2.50. The van der Waals surface area contributed by atoms with E-state index in [2.05, 4.69) is 12.2 Å². The van der Waals surface area contributed by atoms with E-state index in [9.17, 15) is 10.1 Å². The third-order valence-corrected chi connectivity index (χ3v) is 4.08. The SMILES string of the molecule is CC1CCN(/C=C(/C#N)C(=O)Nc2ccc(N)c(Cl)c2)CC1. The van der Waals surface area contributed by atoms with Crippen LogP contribution in [0.1, 0.15) is 19.8 Å². The Bertz CT molecular complexity index is 628. The predicted molar refractivity (Wildman–Crippen MR) is 88.2 cm³/mol. The van der Waals surface area contributed by atoms with Crippen molar-refractivity contribution in [1.82, 2.24) is 4.90 Å². The molecule has 5 nitrogen and oxygen atoms in total. The average molecular weight is 319 g/mol. The van der Waals surface area contributed by atoms with Gasteiger partial charge in [-0.3, -0.25) is 4.79 Å². The molecular formula is C16H19ClN4O. The molecule has 0 unspecified atom stereocenters. The molecule has 0 atom stereocenters. The molecule has 1 fully saturated rings. The van der Waals surface area contributed by atoms with Gasteiger partial charge in [0.2, 0.25) is 0 Å². The number of anilines is 2. The zero-order valence-corrected chi connectivity index (χ0v) is 13.2. The number of benzene rings is 1. The van der Waals surface area contributed by atoms with Crippen molar-refractivity contribution in [2.75, 3.05) is 24.1 Å². The molecule has 1 aliphatic rings. The van der Waals surface area contributed by atoms with E-state index < -0.39 is 5.91 Å². The van der Waals surface area contributed by atoms with Crippen LogP contribution in [0.2, 0.25) is 5.02 Å². The Kier molecular flexibility index (Phi) is 5.29. The predicted octanol–water partition coefficient (Wildman–Crippen LogP) is 3.00. The van der Waals surface area contributed by atoms with Crippen LogP contribution in [0.3, 0.4) is 0 Å². The Morgan fingerprint density at radius 2 is 2.18 bits per heavy atom. The monoisotopic (exact) mass is 318 g/mol. The van der Waals surface area contributed by atoms with E-state index >= 15 is 0 Å². The number of nitrogen functional groups attached to an aromatic ring is 1. The van der Waals surface area contributed by atoms with Crippen LogP contribution in [-0.4, -0.2) is 23.9 Å². The van der Waals surface area contributed by atoms with Gasteiger partial charge in [0, 0.05) is 25.0 Å². The third kappa shape index (κ3) is 4.15. The largest absolute Gasteiger partial charge is 0.398 e. The highest BCUT2D eigenvalue weighted by molar-refractivity contribution is 6.33. The van der Waals surface area contributed by atoms with Crippen LogP contribution >= 0.6 is 11.6 Å². The Labute approximate surface area is 135 Å². The van der Waals surface area contributed by atoms with Crippen molar-refractivity contribution in [2.45, 2.75) is 19.8 Å². The molecule has 0 bridgehead atoms. The topological polar surface area (TPSA) is 82.2 Å². The van der Waals surface area contributed by atoms with E-state index in [-0.39, 0.29) is 5.57 Å². The van der Waals surface area contributed by atoms with Gasteiger partial charge in [-0.2, -0.15) is 5.26 Å². The summed E-state index contributed by atoms with van der Waals surface area (Å²) in [6.07, 6.45) is 3.79. The summed E-state index contributed by atoms with van der Waals surface area (Å²) < 4.78 is 0. The molecular weight excluding hydrogens is 300 g/mol. The summed E-state index contributed by atoms with van der Waals surface area (Å²) >= 11 is 5.92. The van der Waals surface area contributed by atoms with Crippen LogP contribution in [0, 0.1) is 17.2 Å². The molecule has 22 heavy (non-hydrogen) atoms. The molecule has 1 aromatic carbocycles. The number of amides is 1. The number of carbonyl (C=O) groups excluding carboxylic acids is 1. The first-order valence-electron chi connectivity index (χ1n) is 7.22. The molecule has 0 saturated carbocycles. The number of nitriles is 1. The fourth-order valence-electron chi connectivity index (χ4n) is 2.28. The van der Waals surface area contributed by atoms with Gasteiger partial charge < -0.3 is 16.0 Å². The standard InChI is InChI=1S/C16H19ClN4O/c1-11-4-6-21(7-5-11)10-12(9-18)16(22)20-13-2-3-15(19)14(17)8-13/h2-3,8,10-11H,4-7,19H2,1H3,(H,20,22)/b12-10-. The molecule has 1 amide bonds. The lowest BCUT2D eigenvalue weighted by Crippen LogP contribution is -2.29. The number of carbonyl (C=O) groups is 1. The van der Waals surface area contributed by atoms with Crippen LogP contribution in [0.5, 0.6) is 0 Å². The minimum absolute atomic E-state index is 0.0856. The van der Waals surface area contributed by atoms with Crippen molar-refractivity contribution >= 4 is 28.9 Å². The third-order valence-electron chi connectivity index (χ3n) is 3.75. The molecule has 2 rings (SSSR count). The summed E-state index contributed by atoms with van der Waals surface area (Å²) in [5.74, 6) is 0.253. The van der Waals surface area contributed by atoms with E-state index in [4.69, 9.17) is 17.3 Å². The zero-order valence-electron chi connectivity index (χ0n) is 12.5. The van der Waals surface area contributed by atoms with Crippen LogP contribution in [-0.2, 0) is 4.79 Å². The number of hydrogen-bond acceptors (Lipinski definition) is 4. The smallest absolute Gasteiger partial charge is 0.267 e. The Morgan fingerprint density at radius 1 is 1.50 bits per heavy atom. The van der Waals surface area contributed by atoms with E-state index in [1.54, 1.807) is 24.4 Å². The highest BCUT2D eigenvalue weighted by Gasteiger charge is 2.16. The van der Waals surface area contributed by atoms with Gasteiger partial charge in [-0.25, -0.2) is 0 Å². The van der Waals surface area contributed by atoms with Gasteiger partial charge in [0.05, 0.1) is 10.7 Å². The number of hydrogen-bond donors (Lipinski definition) is 2. The molecule has 0 radical (unpaired) electrons. The van der Waals surface area contributed by atoms with Crippen LogP contribution in [0.4, 0.5) is 11.4 Å². The lowest BCUT2D eigenvalue weighted by Gasteiger charge is -2.29. The first-order valence-corrected chi connectivity index (χ1v) is 7.59. The maximum atomic E-state index is 12.2. The van der Waals surface area contributed by atoms with Crippen molar-refractivity contribution in [1.29, 1.82) is 5.26 Å². The number of nitrogens with zero attached hydrogens (tertiary/aromatic N) is 2. The second kappa shape index (κ2) is 7.19. The van der Waals surface area contributed by atoms with Gasteiger partial charge in [0.15, 0.2) is 0 Å². The number of halogens is 1. The van der Waals surface area contributed by atoms with Gasteiger partial charge in [-0.05, 0) is 37.0 Å². The minimum Gasteiger partial charge on any atom is -0.398 e. The summed E-state index contributed by atoms with van der Waals surface area (Å²) in [7, 11) is 0. The van der Waals surface area contributed by atoms with Gasteiger partial charge in [-0.1, -0.05) is 18.5 Å². The quantitative estimate of drug-likeness (QED) is 0.510. The molecule has 0 spiro atoms. The van der Waals surface area contributed by atoms with Gasteiger partial charge in [0.1, 0.15) is 11.6 Å². The van der Waals surface area contributed by atoms with Gasteiger partial charge in [-0.15, -0.1) is 0 Å². The van der Waals surface area contributed by atoms with Gasteiger partial charge >= 0.3 is 0 Å². The molecule has 0 aromatic heterocycles. The Morgan fingerprint density at radius 3 is 2.77 bits per heavy atom. The van der Waals surface area contributed by atoms with Crippen molar-refractivity contribution in [2.24, 2.45) is 5.92 Å². The van der Waals surface area contributed by atoms with E-state index in [0.29, 0.717) is 22.3 Å². The van der Waals surface area contributed by atoms with Crippen LogP contribution < -0.4 is 11.1 Å². The lowest BCUT2D eigenvalue weighted by atomic mass is 9.99. The first-order chi connectivity index (χ1) is 10.5. The summed E-state index contributed by atoms with van der Waals surface area (Å²) in [6.45, 7) is 3.95. The highest BCUT2D eigenvalue weighted by Crippen LogP contribution is 2.23. The number of piperidine rings is 1. The van der Waals surface area contributed by atoms with E-state index in [0.717, 1.165) is 25.9 Å². The van der Waals surface area contributed by atoms with E-state index in [1.165, 1.54) is 0 Å². The lowest BCUT2D eigenvalue weighted by molar-refractivity contribution is -0.112. The van der Waals surface area contributed by atoms with Crippen LogP contribution in [0.25, 0.3) is 0 Å².